The van der Waals surface area contributed by atoms with Crippen LogP contribution in [0.1, 0.15) is 28.6 Å². The molecule has 0 aliphatic rings. The monoisotopic (exact) mass is 331 g/mol. The second-order valence-electron chi connectivity index (χ2n) is 4.85. The largest absolute Gasteiger partial charge is 0.507 e. The molecule has 1 heterocycles. The van der Waals surface area contributed by atoms with E-state index in [0.717, 1.165) is 0 Å². The number of aromatic hydroxyl groups is 1. The highest BCUT2D eigenvalue weighted by Gasteiger charge is 2.14. The van der Waals surface area contributed by atoms with Crippen molar-refractivity contribution in [2.45, 2.75) is 13.8 Å². The molecule has 0 radical (unpaired) electrons. The molecule has 0 aliphatic carbocycles. The van der Waals surface area contributed by atoms with Crippen LogP contribution < -0.4 is 11.1 Å². The van der Waals surface area contributed by atoms with Gasteiger partial charge in [0.05, 0.1) is 10.6 Å². The summed E-state index contributed by atoms with van der Waals surface area (Å²) in [6.45, 7) is 2.92. The first-order chi connectivity index (χ1) is 11.3. The molecule has 0 unspecified atom stereocenters. The average molecular weight is 331 g/mol. The fourth-order valence-corrected chi connectivity index (χ4v) is 1.92. The minimum atomic E-state index is -0.779. The lowest BCUT2D eigenvalue weighted by atomic mass is 10.2. The molecule has 24 heavy (non-hydrogen) atoms. The Morgan fingerprint density at radius 2 is 1.96 bits per heavy atom. The molecule has 2 N–H and O–H groups in total. The number of rotatable bonds is 4. The number of hydrazone groups is 1. The summed E-state index contributed by atoms with van der Waals surface area (Å²) in [6, 6.07) is 6.18. The van der Waals surface area contributed by atoms with E-state index >= 15 is 0 Å². The zero-order valence-electron chi connectivity index (χ0n) is 12.8. The smallest absolute Gasteiger partial charge is 0.348 e. The van der Waals surface area contributed by atoms with Gasteiger partial charge < -0.3 is 9.52 Å². The van der Waals surface area contributed by atoms with Crippen LogP contribution in [0.15, 0.2) is 44.6 Å². The highest BCUT2D eigenvalue weighted by Crippen LogP contribution is 2.15. The van der Waals surface area contributed by atoms with E-state index in [-0.39, 0.29) is 34.0 Å². The van der Waals surface area contributed by atoms with Gasteiger partial charge in [0, 0.05) is 23.8 Å². The number of non-ortho nitro benzene ring substituents is 1. The van der Waals surface area contributed by atoms with Gasteiger partial charge in [-0.3, -0.25) is 14.9 Å². The maximum atomic E-state index is 11.9. The van der Waals surface area contributed by atoms with Crippen LogP contribution >= 0.6 is 0 Å². The van der Waals surface area contributed by atoms with E-state index in [9.17, 15) is 24.8 Å². The van der Waals surface area contributed by atoms with Crippen molar-refractivity contribution in [2.75, 3.05) is 0 Å². The topological polar surface area (TPSA) is 135 Å². The molecular weight excluding hydrogens is 318 g/mol. The molecule has 9 nitrogen and oxygen atoms in total. The number of nitro benzene ring substituents is 1. The molecule has 124 valence electrons. The van der Waals surface area contributed by atoms with E-state index < -0.39 is 16.5 Å². The Kier molecular flexibility index (Phi) is 4.73. The van der Waals surface area contributed by atoms with Crippen LogP contribution in [0.4, 0.5) is 5.69 Å². The maximum Gasteiger partial charge on any atom is 0.348 e. The first kappa shape index (κ1) is 16.9. The fourth-order valence-electron chi connectivity index (χ4n) is 1.92. The average Bonchev–Trinajstić information content (AvgIpc) is 2.51. The lowest BCUT2D eigenvalue weighted by molar-refractivity contribution is -0.384. The summed E-state index contributed by atoms with van der Waals surface area (Å²) in [5, 5.41) is 24.1. The normalized spacial score (nSPS) is 11.2. The van der Waals surface area contributed by atoms with Gasteiger partial charge in [0.2, 0.25) is 0 Å². The summed E-state index contributed by atoms with van der Waals surface area (Å²) in [4.78, 5) is 33.7. The molecule has 1 aromatic carbocycles. The summed E-state index contributed by atoms with van der Waals surface area (Å²) in [7, 11) is 0. The van der Waals surface area contributed by atoms with Crippen molar-refractivity contribution in [3.05, 3.63) is 67.8 Å². The van der Waals surface area contributed by atoms with E-state index in [1.165, 1.54) is 44.2 Å². The number of benzene rings is 1. The Bertz CT molecular complexity index is 883. The van der Waals surface area contributed by atoms with Gasteiger partial charge in [-0.15, -0.1) is 0 Å². The Hall–Kier alpha value is -3.49. The van der Waals surface area contributed by atoms with Crippen molar-refractivity contribution in [1.29, 1.82) is 0 Å². The van der Waals surface area contributed by atoms with Crippen molar-refractivity contribution in [3.8, 4) is 5.75 Å². The van der Waals surface area contributed by atoms with Crippen LogP contribution in [0.5, 0.6) is 5.75 Å². The van der Waals surface area contributed by atoms with Gasteiger partial charge in [0.25, 0.3) is 11.6 Å². The molecule has 0 saturated heterocycles. The standard InChI is InChI=1S/C15H13N3O6/c1-8-7-12(19)13(15(21)24-8)9(2)16-17-14(20)10-3-5-11(6-4-10)18(22)23/h3-7,19H,1-2H3,(H,17,20)/b16-9-. The predicted octanol–water partition coefficient (Wildman–Crippen LogP) is 1.72. The summed E-state index contributed by atoms with van der Waals surface area (Å²) in [5.74, 6) is -0.696. The summed E-state index contributed by atoms with van der Waals surface area (Å²) >= 11 is 0. The Morgan fingerprint density at radius 1 is 1.33 bits per heavy atom. The van der Waals surface area contributed by atoms with Gasteiger partial charge in [-0.25, -0.2) is 10.2 Å². The van der Waals surface area contributed by atoms with Crippen LogP contribution in [-0.2, 0) is 0 Å². The summed E-state index contributed by atoms with van der Waals surface area (Å²) in [5.41, 5.74) is 1.32. The summed E-state index contributed by atoms with van der Waals surface area (Å²) < 4.78 is 4.86. The number of nitrogens with one attached hydrogen (secondary N) is 1. The molecule has 0 aliphatic heterocycles. The number of carbonyl (C=O) groups is 1. The van der Waals surface area contributed by atoms with Gasteiger partial charge in [0.1, 0.15) is 17.1 Å². The number of amides is 1. The SMILES string of the molecule is C/C(=N/NC(=O)c1ccc([N+](=O)[O-])cc1)c1c(O)cc(C)oc1=O. The third-order valence-electron chi connectivity index (χ3n) is 3.08. The van der Waals surface area contributed by atoms with E-state index in [1.807, 2.05) is 0 Å². The Labute approximate surface area is 135 Å². The van der Waals surface area contributed by atoms with Gasteiger partial charge in [-0.1, -0.05) is 0 Å². The van der Waals surface area contributed by atoms with Gasteiger partial charge >= 0.3 is 5.63 Å². The van der Waals surface area contributed by atoms with Gasteiger partial charge in [0.15, 0.2) is 0 Å². The molecule has 2 rings (SSSR count). The molecule has 0 atom stereocenters. The van der Waals surface area contributed by atoms with E-state index in [0.29, 0.717) is 0 Å². The molecule has 0 saturated carbocycles. The second-order valence-corrected chi connectivity index (χ2v) is 4.85. The number of carbonyl (C=O) groups excluding carboxylic acids is 1. The lowest BCUT2D eigenvalue weighted by Gasteiger charge is -2.04. The van der Waals surface area contributed by atoms with E-state index in [2.05, 4.69) is 10.5 Å². The highest BCUT2D eigenvalue weighted by atomic mass is 16.6. The zero-order valence-corrected chi connectivity index (χ0v) is 12.8. The Morgan fingerprint density at radius 3 is 2.50 bits per heavy atom. The maximum absolute atomic E-state index is 11.9. The first-order valence-corrected chi connectivity index (χ1v) is 6.72. The van der Waals surface area contributed by atoms with Crippen molar-refractivity contribution in [1.82, 2.24) is 5.43 Å². The minimum Gasteiger partial charge on any atom is -0.507 e. The van der Waals surface area contributed by atoms with E-state index in [4.69, 9.17) is 4.42 Å². The third kappa shape index (κ3) is 3.64. The van der Waals surface area contributed by atoms with Gasteiger partial charge in [-0.2, -0.15) is 5.10 Å². The molecule has 1 aromatic heterocycles. The first-order valence-electron chi connectivity index (χ1n) is 6.72. The van der Waals surface area contributed by atoms with Crippen LogP contribution in [0.2, 0.25) is 0 Å². The van der Waals surface area contributed by atoms with E-state index in [1.54, 1.807) is 0 Å². The predicted molar refractivity (Wildman–Crippen MR) is 84.2 cm³/mol. The van der Waals surface area contributed by atoms with Crippen LogP contribution in [-0.4, -0.2) is 21.6 Å². The second kappa shape index (κ2) is 6.73. The molecule has 1 amide bonds. The molecule has 9 heteroatoms. The van der Waals surface area contributed by atoms with Crippen LogP contribution in [0, 0.1) is 17.0 Å². The number of nitro groups is 1. The molecule has 2 aromatic rings. The van der Waals surface area contributed by atoms with Crippen molar-refractivity contribution in [2.24, 2.45) is 5.10 Å². The number of hydrogen-bond donors (Lipinski definition) is 2. The molecule has 0 bridgehead atoms. The zero-order chi connectivity index (χ0) is 17.9. The van der Waals surface area contributed by atoms with Crippen molar-refractivity contribution >= 4 is 17.3 Å². The van der Waals surface area contributed by atoms with Crippen molar-refractivity contribution in [3.63, 3.8) is 0 Å². The van der Waals surface area contributed by atoms with Gasteiger partial charge in [-0.05, 0) is 26.0 Å². The number of aryl methyl sites for hydroxylation is 1. The fraction of sp³-hybridized carbons (Fsp3) is 0.133. The minimum absolute atomic E-state index is 0.0523. The molecule has 0 spiro atoms. The quantitative estimate of drug-likeness (QED) is 0.497. The number of hydrogen-bond acceptors (Lipinski definition) is 7. The lowest BCUT2D eigenvalue weighted by Crippen LogP contribution is -2.21. The van der Waals surface area contributed by atoms with Crippen molar-refractivity contribution < 1.29 is 19.2 Å². The summed E-state index contributed by atoms with van der Waals surface area (Å²) in [6.07, 6.45) is 0. The highest BCUT2D eigenvalue weighted by molar-refractivity contribution is 6.02. The van der Waals surface area contributed by atoms with Crippen LogP contribution in [0.3, 0.4) is 0 Å². The molecular formula is C15H13N3O6. The van der Waals surface area contributed by atoms with Crippen LogP contribution in [0.25, 0.3) is 0 Å². The number of nitrogens with zero attached hydrogens (tertiary/aromatic N) is 2. The Balaban J connectivity index is 2.19. The molecule has 0 fully saturated rings. The third-order valence-corrected chi connectivity index (χ3v) is 3.08.